The Morgan fingerprint density at radius 1 is 1.33 bits per heavy atom. The molecule has 6 nitrogen and oxygen atoms in total. The molecule has 3 rings (SSSR count). The summed E-state index contributed by atoms with van der Waals surface area (Å²) in [4.78, 5) is 11.9. The Morgan fingerprint density at radius 2 is 2.14 bits per heavy atom. The van der Waals surface area contributed by atoms with Gasteiger partial charge in [-0.15, -0.1) is 0 Å². The molecule has 0 aliphatic rings. The summed E-state index contributed by atoms with van der Waals surface area (Å²) in [6.07, 6.45) is 3.53. The number of esters is 1. The average molecular weight is 283 g/mol. The number of hydrogen-bond acceptors (Lipinski definition) is 5. The summed E-state index contributed by atoms with van der Waals surface area (Å²) in [5.41, 5.74) is 1.95. The molecule has 0 N–H and O–H groups in total. The van der Waals surface area contributed by atoms with Crippen LogP contribution in [0.25, 0.3) is 5.69 Å². The van der Waals surface area contributed by atoms with E-state index in [-0.39, 0.29) is 6.61 Å². The van der Waals surface area contributed by atoms with Gasteiger partial charge in [-0.1, -0.05) is 5.16 Å². The molecule has 0 spiro atoms. The van der Waals surface area contributed by atoms with Crippen molar-refractivity contribution in [2.75, 3.05) is 0 Å². The van der Waals surface area contributed by atoms with Crippen molar-refractivity contribution >= 4 is 5.97 Å². The lowest BCUT2D eigenvalue weighted by Gasteiger charge is -2.04. The highest BCUT2D eigenvalue weighted by Crippen LogP contribution is 2.11. The van der Waals surface area contributed by atoms with Gasteiger partial charge in [-0.3, -0.25) is 0 Å². The number of carbonyl (C=O) groups excluding carboxylic acids is 1. The molecular weight excluding hydrogens is 270 g/mol. The lowest BCUT2D eigenvalue weighted by atomic mass is 10.2. The smallest absolute Gasteiger partial charge is 0.338 e. The van der Waals surface area contributed by atoms with E-state index in [0.717, 1.165) is 5.69 Å². The predicted molar refractivity (Wildman–Crippen MR) is 73.9 cm³/mol. The molecule has 0 atom stereocenters. The molecule has 0 aliphatic heterocycles. The molecule has 0 bridgehead atoms. The molecular formula is C15H13N3O3. The summed E-state index contributed by atoms with van der Waals surface area (Å²) in [6.45, 7) is 1.88. The normalized spacial score (nSPS) is 10.5. The highest BCUT2D eigenvalue weighted by atomic mass is 16.5. The lowest BCUT2D eigenvalue weighted by molar-refractivity contribution is 0.0464. The summed E-state index contributed by atoms with van der Waals surface area (Å²) in [5, 5.41) is 7.89. The Balaban J connectivity index is 1.65. The van der Waals surface area contributed by atoms with Crippen molar-refractivity contribution in [2.24, 2.45) is 0 Å². The molecule has 0 unspecified atom stereocenters. The molecule has 0 amide bonds. The van der Waals surface area contributed by atoms with E-state index in [0.29, 0.717) is 17.0 Å². The van der Waals surface area contributed by atoms with Crippen molar-refractivity contribution in [1.29, 1.82) is 0 Å². The molecule has 1 aromatic carbocycles. The van der Waals surface area contributed by atoms with Crippen LogP contribution in [0.5, 0.6) is 0 Å². The molecule has 2 aromatic heterocycles. The van der Waals surface area contributed by atoms with E-state index in [4.69, 9.17) is 9.26 Å². The van der Waals surface area contributed by atoms with Crippen LogP contribution < -0.4 is 0 Å². The molecule has 0 aliphatic carbocycles. The Morgan fingerprint density at radius 3 is 2.76 bits per heavy atom. The molecule has 6 heteroatoms. The molecule has 2 heterocycles. The van der Waals surface area contributed by atoms with E-state index in [1.54, 1.807) is 36.0 Å². The zero-order chi connectivity index (χ0) is 14.7. The number of aryl methyl sites for hydroxylation is 1. The predicted octanol–water partition coefficient (Wildman–Crippen LogP) is 2.53. The molecule has 0 radical (unpaired) electrons. The van der Waals surface area contributed by atoms with Gasteiger partial charge in [-0.2, -0.15) is 5.10 Å². The second kappa shape index (κ2) is 5.62. The second-order valence-electron chi connectivity index (χ2n) is 4.50. The van der Waals surface area contributed by atoms with Crippen LogP contribution in [0, 0.1) is 6.92 Å². The molecule has 21 heavy (non-hydrogen) atoms. The average Bonchev–Trinajstić information content (AvgIpc) is 3.16. The number of aromatic nitrogens is 3. The van der Waals surface area contributed by atoms with Crippen molar-refractivity contribution < 1.29 is 14.1 Å². The molecule has 0 fully saturated rings. The van der Waals surface area contributed by atoms with Gasteiger partial charge < -0.3 is 9.26 Å². The van der Waals surface area contributed by atoms with Crippen molar-refractivity contribution in [3.05, 3.63) is 65.8 Å². The van der Waals surface area contributed by atoms with Crippen molar-refractivity contribution in [1.82, 2.24) is 14.9 Å². The van der Waals surface area contributed by atoms with Crippen LogP contribution in [0.2, 0.25) is 0 Å². The van der Waals surface area contributed by atoms with Crippen LogP contribution in [0.1, 0.15) is 21.8 Å². The van der Waals surface area contributed by atoms with Gasteiger partial charge >= 0.3 is 5.97 Å². The zero-order valence-electron chi connectivity index (χ0n) is 11.4. The number of hydrogen-bond donors (Lipinski definition) is 0. The Labute approximate surface area is 120 Å². The standard InChI is InChI=1S/C15H13N3O3/c1-11-9-13(17-21-11)10-20-15(19)12-3-5-14(6-4-12)18-8-2-7-16-18/h2-9H,10H2,1H3. The SMILES string of the molecule is Cc1cc(COC(=O)c2ccc(-n3cccn3)cc2)no1. The van der Waals surface area contributed by atoms with Gasteiger partial charge in [0, 0.05) is 18.5 Å². The second-order valence-corrected chi connectivity index (χ2v) is 4.50. The zero-order valence-corrected chi connectivity index (χ0v) is 11.4. The quantitative estimate of drug-likeness (QED) is 0.688. The van der Waals surface area contributed by atoms with Crippen LogP contribution in [0.3, 0.4) is 0 Å². The van der Waals surface area contributed by atoms with Crippen LogP contribution >= 0.6 is 0 Å². The van der Waals surface area contributed by atoms with E-state index in [1.165, 1.54) is 0 Å². The van der Waals surface area contributed by atoms with Gasteiger partial charge in [-0.25, -0.2) is 9.48 Å². The van der Waals surface area contributed by atoms with Gasteiger partial charge in [-0.05, 0) is 37.3 Å². The van der Waals surface area contributed by atoms with Crippen LogP contribution in [-0.4, -0.2) is 20.9 Å². The topological polar surface area (TPSA) is 70.2 Å². The van der Waals surface area contributed by atoms with Crippen molar-refractivity contribution in [3.8, 4) is 5.69 Å². The van der Waals surface area contributed by atoms with Crippen molar-refractivity contribution in [2.45, 2.75) is 13.5 Å². The summed E-state index contributed by atoms with van der Waals surface area (Å²) in [5.74, 6) is 0.285. The first-order valence-corrected chi connectivity index (χ1v) is 6.42. The van der Waals surface area contributed by atoms with Crippen LogP contribution in [0.15, 0.2) is 53.3 Å². The lowest BCUT2D eigenvalue weighted by Crippen LogP contribution is -2.05. The number of ether oxygens (including phenoxy) is 1. The van der Waals surface area contributed by atoms with E-state index in [1.807, 2.05) is 24.4 Å². The van der Waals surface area contributed by atoms with E-state index >= 15 is 0 Å². The minimum absolute atomic E-state index is 0.0943. The number of rotatable bonds is 4. The van der Waals surface area contributed by atoms with E-state index < -0.39 is 5.97 Å². The maximum atomic E-state index is 11.9. The highest BCUT2D eigenvalue weighted by molar-refractivity contribution is 5.89. The Hall–Kier alpha value is -2.89. The third kappa shape index (κ3) is 3.00. The third-order valence-corrected chi connectivity index (χ3v) is 2.90. The third-order valence-electron chi connectivity index (χ3n) is 2.90. The molecule has 3 aromatic rings. The fourth-order valence-electron chi connectivity index (χ4n) is 1.88. The fourth-order valence-corrected chi connectivity index (χ4v) is 1.88. The first-order valence-electron chi connectivity index (χ1n) is 6.42. The van der Waals surface area contributed by atoms with Gasteiger partial charge in [0.25, 0.3) is 0 Å². The molecule has 0 saturated heterocycles. The van der Waals surface area contributed by atoms with Crippen molar-refractivity contribution in [3.63, 3.8) is 0 Å². The van der Waals surface area contributed by atoms with Gasteiger partial charge in [0.2, 0.25) is 0 Å². The first kappa shape index (κ1) is 13.1. The molecule has 106 valence electrons. The number of carbonyl (C=O) groups is 1. The molecule has 0 saturated carbocycles. The van der Waals surface area contributed by atoms with Gasteiger partial charge in [0.15, 0.2) is 0 Å². The fraction of sp³-hybridized carbons (Fsp3) is 0.133. The number of benzene rings is 1. The minimum atomic E-state index is -0.400. The highest BCUT2D eigenvalue weighted by Gasteiger charge is 2.09. The Bertz CT molecular complexity index is 730. The summed E-state index contributed by atoms with van der Waals surface area (Å²) in [7, 11) is 0. The first-order chi connectivity index (χ1) is 10.2. The minimum Gasteiger partial charge on any atom is -0.455 e. The van der Waals surface area contributed by atoms with Gasteiger partial charge in [0.05, 0.1) is 11.3 Å². The summed E-state index contributed by atoms with van der Waals surface area (Å²) >= 11 is 0. The van der Waals surface area contributed by atoms with E-state index in [9.17, 15) is 4.79 Å². The maximum absolute atomic E-state index is 11.9. The summed E-state index contributed by atoms with van der Waals surface area (Å²) < 4.78 is 11.8. The number of nitrogens with zero attached hydrogens (tertiary/aromatic N) is 3. The van der Waals surface area contributed by atoms with E-state index in [2.05, 4.69) is 10.3 Å². The monoisotopic (exact) mass is 283 g/mol. The largest absolute Gasteiger partial charge is 0.455 e. The van der Waals surface area contributed by atoms with Crippen LogP contribution in [0.4, 0.5) is 0 Å². The van der Waals surface area contributed by atoms with Gasteiger partial charge in [0.1, 0.15) is 18.1 Å². The van der Waals surface area contributed by atoms with Crippen LogP contribution in [-0.2, 0) is 11.3 Å². The maximum Gasteiger partial charge on any atom is 0.338 e. The Kier molecular flexibility index (Phi) is 3.51. The summed E-state index contributed by atoms with van der Waals surface area (Å²) in [6, 6.07) is 10.6.